The van der Waals surface area contributed by atoms with Gasteiger partial charge in [-0.15, -0.1) is 0 Å². The molecule has 0 spiro atoms. The third-order valence-corrected chi connectivity index (χ3v) is 2.67. The monoisotopic (exact) mass is 238 g/mol. The number of hydrazine groups is 1. The molecular formula is C13H22N2O2. The van der Waals surface area contributed by atoms with Gasteiger partial charge in [-0.25, -0.2) is 0 Å². The molecule has 4 heteroatoms. The van der Waals surface area contributed by atoms with Crippen LogP contribution in [0.1, 0.15) is 30.5 Å². The molecule has 0 heterocycles. The van der Waals surface area contributed by atoms with E-state index in [9.17, 15) is 0 Å². The number of benzene rings is 1. The smallest absolute Gasteiger partial charge is 0.122 e. The topological polar surface area (TPSA) is 56.5 Å². The van der Waals surface area contributed by atoms with Crippen molar-refractivity contribution in [1.82, 2.24) is 5.43 Å². The van der Waals surface area contributed by atoms with Crippen LogP contribution in [0.3, 0.4) is 0 Å². The van der Waals surface area contributed by atoms with Crippen molar-refractivity contribution in [2.45, 2.75) is 26.3 Å². The van der Waals surface area contributed by atoms with E-state index in [2.05, 4.69) is 12.3 Å². The Morgan fingerprint density at radius 2 is 2.18 bits per heavy atom. The van der Waals surface area contributed by atoms with Crippen LogP contribution in [0.2, 0.25) is 0 Å². The number of ether oxygens (including phenoxy) is 2. The van der Waals surface area contributed by atoms with Gasteiger partial charge in [0.2, 0.25) is 0 Å². The molecule has 0 bridgehead atoms. The second-order valence-corrected chi connectivity index (χ2v) is 4.02. The van der Waals surface area contributed by atoms with Gasteiger partial charge in [-0.2, -0.15) is 0 Å². The number of aryl methyl sites for hydroxylation is 1. The highest BCUT2D eigenvalue weighted by molar-refractivity contribution is 5.37. The fraction of sp³-hybridized carbons (Fsp3) is 0.538. The van der Waals surface area contributed by atoms with Crippen molar-refractivity contribution in [2.24, 2.45) is 5.84 Å². The Labute approximate surface area is 103 Å². The lowest BCUT2D eigenvalue weighted by molar-refractivity contribution is 0.112. The van der Waals surface area contributed by atoms with E-state index < -0.39 is 0 Å². The third kappa shape index (κ3) is 4.00. The van der Waals surface area contributed by atoms with Crippen LogP contribution in [0.15, 0.2) is 18.2 Å². The van der Waals surface area contributed by atoms with Gasteiger partial charge in [-0.05, 0) is 30.5 Å². The van der Waals surface area contributed by atoms with Crippen LogP contribution in [0.4, 0.5) is 0 Å². The van der Waals surface area contributed by atoms with Gasteiger partial charge in [-0.1, -0.05) is 19.1 Å². The van der Waals surface area contributed by atoms with Crippen molar-refractivity contribution >= 4 is 0 Å². The molecule has 4 nitrogen and oxygen atoms in total. The van der Waals surface area contributed by atoms with E-state index in [4.69, 9.17) is 15.3 Å². The third-order valence-electron chi connectivity index (χ3n) is 2.67. The SMILES string of the molecule is CCCOCC(NN)c1ccc(C)c(OC)c1. The second-order valence-electron chi connectivity index (χ2n) is 4.02. The number of nitrogens with two attached hydrogens (primary N) is 1. The lowest BCUT2D eigenvalue weighted by Crippen LogP contribution is -2.31. The number of methoxy groups -OCH3 is 1. The van der Waals surface area contributed by atoms with E-state index in [-0.39, 0.29) is 6.04 Å². The zero-order valence-corrected chi connectivity index (χ0v) is 10.8. The molecule has 1 atom stereocenters. The summed E-state index contributed by atoms with van der Waals surface area (Å²) in [5, 5.41) is 0. The summed E-state index contributed by atoms with van der Waals surface area (Å²) in [6, 6.07) is 6.06. The summed E-state index contributed by atoms with van der Waals surface area (Å²) in [6.07, 6.45) is 1.01. The molecule has 1 rings (SSSR count). The highest BCUT2D eigenvalue weighted by Gasteiger charge is 2.11. The number of hydrogen-bond acceptors (Lipinski definition) is 4. The van der Waals surface area contributed by atoms with Gasteiger partial charge in [0, 0.05) is 6.61 Å². The summed E-state index contributed by atoms with van der Waals surface area (Å²) < 4.78 is 10.8. The first-order valence-corrected chi connectivity index (χ1v) is 5.91. The Hall–Kier alpha value is -1.10. The zero-order valence-electron chi connectivity index (χ0n) is 10.8. The van der Waals surface area contributed by atoms with Gasteiger partial charge >= 0.3 is 0 Å². The highest BCUT2D eigenvalue weighted by Crippen LogP contribution is 2.23. The minimum atomic E-state index is -0.00366. The fourth-order valence-electron chi connectivity index (χ4n) is 1.64. The first-order valence-electron chi connectivity index (χ1n) is 5.91. The molecule has 0 fully saturated rings. The molecule has 0 saturated carbocycles. The molecule has 1 unspecified atom stereocenters. The molecule has 0 amide bonds. The van der Waals surface area contributed by atoms with Crippen LogP contribution in [-0.2, 0) is 4.74 Å². The standard InChI is InChI=1S/C13H22N2O2/c1-4-7-17-9-12(15-14)11-6-5-10(2)13(8-11)16-3/h5-6,8,12,15H,4,7,9,14H2,1-3H3. The van der Waals surface area contributed by atoms with E-state index in [1.165, 1.54) is 0 Å². The molecule has 3 N–H and O–H groups in total. The Morgan fingerprint density at radius 3 is 2.76 bits per heavy atom. The van der Waals surface area contributed by atoms with E-state index in [0.717, 1.165) is 29.9 Å². The summed E-state index contributed by atoms with van der Waals surface area (Å²) >= 11 is 0. The number of rotatable bonds is 7. The quantitative estimate of drug-likeness (QED) is 0.433. The molecule has 96 valence electrons. The molecule has 0 aliphatic rings. The minimum absolute atomic E-state index is 0.00366. The van der Waals surface area contributed by atoms with Gasteiger partial charge in [0.1, 0.15) is 5.75 Å². The summed E-state index contributed by atoms with van der Waals surface area (Å²) in [6.45, 7) is 5.42. The highest BCUT2D eigenvalue weighted by atomic mass is 16.5. The van der Waals surface area contributed by atoms with Crippen LogP contribution < -0.4 is 16.0 Å². The molecule has 0 radical (unpaired) electrons. The second kappa shape index (κ2) is 7.27. The average Bonchev–Trinajstić information content (AvgIpc) is 2.36. The molecule has 1 aromatic rings. The van der Waals surface area contributed by atoms with E-state index in [1.807, 2.05) is 25.1 Å². The molecule has 0 aliphatic carbocycles. The average molecular weight is 238 g/mol. The van der Waals surface area contributed by atoms with Gasteiger partial charge in [0.25, 0.3) is 0 Å². The van der Waals surface area contributed by atoms with Crippen molar-refractivity contribution in [2.75, 3.05) is 20.3 Å². The van der Waals surface area contributed by atoms with Crippen LogP contribution in [0.25, 0.3) is 0 Å². The largest absolute Gasteiger partial charge is 0.496 e. The van der Waals surface area contributed by atoms with E-state index in [1.54, 1.807) is 7.11 Å². The molecule has 17 heavy (non-hydrogen) atoms. The predicted octanol–water partition coefficient (Wildman–Crippen LogP) is 1.93. The molecule has 0 aromatic heterocycles. The molecular weight excluding hydrogens is 216 g/mol. The first-order chi connectivity index (χ1) is 8.22. The number of hydrogen-bond donors (Lipinski definition) is 2. The predicted molar refractivity (Wildman–Crippen MR) is 68.9 cm³/mol. The summed E-state index contributed by atoms with van der Waals surface area (Å²) in [4.78, 5) is 0. The Kier molecular flexibility index (Phi) is 5.97. The molecule has 1 aromatic carbocycles. The lowest BCUT2D eigenvalue weighted by atomic mass is 10.1. The van der Waals surface area contributed by atoms with Crippen molar-refractivity contribution in [3.05, 3.63) is 29.3 Å². The van der Waals surface area contributed by atoms with Gasteiger partial charge < -0.3 is 9.47 Å². The van der Waals surface area contributed by atoms with Crippen molar-refractivity contribution in [1.29, 1.82) is 0 Å². The maximum atomic E-state index is 5.55. The van der Waals surface area contributed by atoms with E-state index in [0.29, 0.717) is 6.61 Å². The zero-order chi connectivity index (χ0) is 12.7. The van der Waals surface area contributed by atoms with Crippen molar-refractivity contribution < 1.29 is 9.47 Å². The van der Waals surface area contributed by atoms with Gasteiger partial charge in [0.15, 0.2) is 0 Å². The van der Waals surface area contributed by atoms with Gasteiger partial charge in [-0.3, -0.25) is 11.3 Å². The Morgan fingerprint density at radius 1 is 1.41 bits per heavy atom. The van der Waals surface area contributed by atoms with Crippen LogP contribution in [-0.4, -0.2) is 20.3 Å². The minimum Gasteiger partial charge on any atom is -0.496 e. The first kappa shape index (κ1) is 14.0. The fourth-order valence-corrected chi connectivity index (χ4v) is 1.64. The van der Waals surface area contributed by atoms with Gasteiger partial charge in [0.05, 0.1) is 19.8 Å². The van der Waals surface area contributed by atoms with Crippen molar-refractivity contribution in [3.63, 3.8) is 0 Å². The van der Waals surface area contributed by atoms with Crippen LogP contribution >= 0.6 is 0 Å². The Balaban J connectivity index is 2.73. The molecule has 0 aliphatic heterocycles. The summed E-state index contributed by atoms with van der Waals surface area (Å²) in [7, 11) is 1.67. The Bertz CT molecular complexity index is 342. The van der Waals surface area contributed by atoms with Crippen LogP contribution in [0.5, 0.6) is 5.75 Å². The van der Waals surface area contributed by atoms with Crippen LogP contribution in [0, 0.1) is 6.92 Å². The molecule has 0 saturated heterocycles. The summed E-state index contributed by atoms with van der Waals surface area (Å²) in [5.41, 5.74) is 4.96. The number of nitrogens with one attached hydrogen (secondary N) is 1. The maximum absolute atomic E-state index is 5.55. The maximum Gasteiger partial charge on any atom is 0.122 e. The summed E-state index contributed by atoms with van der Waals surface area (Å²) in [5.74, 6) is 6.42. The lowest BCUT2D eigenvalue weighted by Gasteiger charge is -2.17. The normalized spacial score (nSPS) is 12.5. The van der Waals surface area contributed by atoms with Crippen molar-refractivity contribution in [3.8, 4) is 5.75 Å². The van der Waals surface area contributed by atoms with E-state index >= 15 is 0 Å².